The van der Waals surface area contributed by atoms with Crippen LogP contribution >= 0.6 is 11.6 Å². The van der Waals surface area contributed by atoms with Crippen LogP contribution in [0, 0.1) is 6.92 Å². The Kier molecular flexibility index (Phi) is 4.60. The van der Waals surface area contributed by atoms with Gasteiger partial charge in [0, 0.05) is 13.2 Å². The van der Waals surface area contributed by atoms with Crippen LogP contribution in [0.15, 0.2) is 64.3 Å². The predicted molar refractivity (Wildman–Crippen MR) is 113 cm³/mol. The fourth-order valence-electron chi connectivity index (χ4n) is 3.22. The first-order valence-corrected chi connectivity index (χ1v) is 9.22. The highest BCUT2D eigenvalue weighted by molar-refractivity contribution is 6.34. The quantitative estimate of drug-likeness (QED) is 0.545. The fourth-order valence-corrected chi connectivity index (χ4v) is 3.41. The van der Waals surface area contributed by atoms with Crippen molar-refractivity contribution in [3.8, 4) is 5.69 Å². The molecule has 29 heavy (non-hydrogen) atoms. The lowest BCUT2D eigenvalue weighted by atomic mass is 10.2. The normalized spacial score (nSPS) is 11.0. The minimum absolute atomic E-state index is 0.174. The van der Waals surface area contributed by atoms with E-state index in [1.54, 1.807) is 43.4 Å². The van der Waals surface area contributed by atoms with Crippen molar-refractivity contribution in [2.75, 3.05) is 5.32 Å². The van der Waals surface area contributed by atoms with Gasteiger partial charge in [-0.05, 0) is 31.2 Å². The molecule has 2 aromatic carbocycles. The average molecular weight is 409 g/mol. The maximum atomic E-state index is 13.1. The van der Waals surface area contributed by atoms with Crippen LogP contribution in [0.4, 0.5) is 5.69 Å². The van der Waals surface area contributed by atoms with Crippen molar-refractivity contribution in [1.29, 1.82) is 0 Å². The number of aryl methyl sites for hydroxylation is 2. The lowest BCUT2D eigenvalue weighted by molar-refractivity contribution is 0.102. The van der Waals surface area contributed by atoms with E-state index in [1.807, 2.05) is 19.1 Å². The summed E-state index contributed by atoms with van der Waals surface area (Å²) in [7, 11) is 1.65. The molecule has 0 aliphatic heterocycles. The number of amides is 1. The van der Waals surface area contributed by atoms with Crippen LogP contribution in [0.1, 0.15) is 15.9 Å². The third-order valence-electron chi connectivity index (χ3n) is 4.68. The molecule has 0 aliphatic rings. The van der Waals surface area contributed by atoms with Crippen LogP contribution in [-0.2, 0) is 7.05 Å². The number of hydrogen-bond acceptors (Lipinski definition) is 3. The summed E-state index contributed by atoms with van der Waals surface area (Å²) in [6.45, 7) is 1.92. The number of benzene rings is 2. The van der Waals surface area contributed by atoms with Crippen molar-refractivity contribution in [2.45, 2.75) is 6.92 Å². The first-order chi connectivity index (χ1) is 13.9. The van der Waals surface area contributed by atoms with E-state index in [4.69, 9.17) is 11.6 Å². The molecule has 0 radical (unpaired) electrons. The van der Waals surface area contributed by atoms with Crippen molar-refractivity contribution in [2.24, 2.45) is 7.05 Å². The van der Waals surface area contributed by atoms with Gasteiger partial charge in [0.05, 0.1) is 27.5 Å². The van der Waals surface area contributed by atoms with Crippen LogP contribution in [0.2, 0.25) is 5.02 Å². The second-order valence-corrected chi connectivity index (χ2v) is 7.12. The molecule has 7 nitrogen and oxygen atoms in total. The first-order valence-electron chi connectivity index (χ1n) is 8.84. The Morgan fingerprint density at radius 3 is 2.45 bits per heavy atom. The van der Waals surface area contributed by atoms with E-state index >= 15 is 0 Å². The summed E-state index contributed by atoms with van der Waals surface area (Å²) < 4.78 is 2.58. The Morgan fingerprint density at radius 1 is 1.07 bits per heavy atom. The van der Waals surface area contributed by atoms with Gasteiger partial charge in [-0.25, -0.2) is 9.36 Å². The lowest BCUT2D eigenvalue weighted by Gasteiger charge is -2.07. The number of hydrogen-bond donors (Lipinski definition) is 2. The number of carbonyl (C=O) groups is 1. The van der Waals surface area contributed by atoms with E-state index in [-0.39, 0.29) is 16.6 Å². The minimum Gasteiger partial charge on any atom is -0.344 e. The number of rotatable bonds is 3. The van der Waals surface area contributed by atoms with Crippen LogP contribution in [0.25, 0.3) is 16.7 Å². The molecule has 2 N–H and O–H groups in total. The fraction of sp³-hybridized carbons (Fsp3) is 0.0952. The number of nitrogens with zero attached hydrogens (tertiary/aromatic N) is 2. The number of para-hydroxylation sites is 1. The summed E-state index contributed by atoms with van der Waals surface area (Å²) in [5, 5.41) is 3.09. The minimum atomic E-state index is -0.621. The molecule has 0 fully saturated rings. The topological polar surface area (TPSA) is 88.9 Å². The Hall–Kier alpha value is -3.58. The molecular formula is C21H17ClN4O3. The molecule has 146 valence electrons. The van der Waals surface area contributed by atoms with E-state index < -0.39 is 17.2 Å². The highest BCUT2D eigenvalue weighted by atomic mass is 35.5. The van der Waals surface area contributed by atoms with Gasteiger partial charge >= 0.3 is 5.69 Å². The van der Waals surface area contributed by atoms with Crippen LogP contribution in [0.5, 0.6) is 0 Å². The van der Waals surface area contributed by atoms with E-state index in [2.05, 4.69) is 10.3 Å². The second-order valence-electron chi connectivity index (χ2n) is 6.72. The maximum absolute atomic E-state index is 13.1. The van der Waals surface area contributed by atoms with Gasteiger partial charge in [-0.1, -0.05) is 41.4 Å². The molecular weight excluding hydrogens is 392 g/mol. The zero-order valence-electron chi connectivity index (χ0n) is 15.7. The van der Waals surface area contributed by atoms with Gasteiger partial charge in [0.2, 0.25) is 0 Å². The number of halogens is 1. The summed E-state index contributed by atoms with van der Waals surface area (Å²) in [5.74, 6) is -0.480. The second kappa shape index (κ2) is 7.10. The monoisotopic (exact) mass is 408 g/mol. The first kappa shape index (κ1) is 18.8. The van der Waals surface area contributed by atoms with E-state index in [0.29, 0.717) is 16.4 Å². The zero-order chi connectivity index (χ0) is 20.7. The van der Waals surface area contributed by atoms with Crippen molar-refractivity contribution >= 4 is 34.2 Å². The van der Waals surface area contributed by atoms with Gasteiger partial charge in [0.25, 0.3) is 11.5 Å². The Bertz CT molecular complexity index is 1360. The van der Waals surface area contributed by atoms with Crippen molar-refractivity contribution in [3.63, 3.8) is 0 Å². The van der Waals surface area contributed by atoms with E-state index in [9.17, 15) is 14.4 Å². The number of carbonyl (C=O) groups excluding carboxylic acids is 1. The molecule has 0 unspecified atom stereocenters. The summed E-state index contributed by atoms with van der Waals surface area (Å²) in [6, 6.07) is 13.9. The van der Waals surface area contributed by atoms with Crippen molar-refractivity contribution < 1.29 is 4.79 Å². The molecule has 2 aromatic heterocycles. The zero-order valence-corrected chi connectivity index (χ0v) is 16.4. The number of aromatic amines is 1. The van der Waals surface area contributed by atoms with Gasteiger partial charge in [-0.3, -0.25) is 9.59 Å². The number of H-pyrrole nitrogens is 1. The van der Waals surface area contributed by atoms with Crippen LogP contribution in [-0.4, -0.2) is 20.0 Å². The molecule has 0 bridgehead atoms. The van der Waals surface area contributed by atoms with Crippen molar-refractivity contribution in [3.05, 3.63) is 91.7 Å². The van der Waals surface area contributed by atoms with Crippen LogP contribution in [0.3, 0.4) is 0 Å². The average Bonchev–Trinajstić information content (AvgIpc) is 3.01. The molecule has 0 aliphatic carbocycles. The Labute approximate surface area is 170 Å². The van der Waals surface area contributed by atoms with E-state index in [1.165, 1.54) is 10.8 Å². The smallest absolute Gasteiger partial charge is 0.333 e. The number of nitrogens with one attached hydrogen (secondary N) is 2. The van der Waals surface area contributed by atoms with Gasteiger partial charge in [-0.2, -0.15) is 0 Å². The summed E-state index contributed by atoms with van der Waals surface area (Å²) >= 11 is 6.10. The largest absolute Gasteiger partial charge is 0.344 e. The molecule has 2 heterocycles. The standard InChI is InChI=1S/C21H17ClN4O3/c1-12-7-9-13(10-8-12)26-20(28)18-17(24-21(26)29)14(11-25(18)2)19(27)23-16-6-4-3-5-15(16)22/h3-11H,1-2H3,(H,23,27)(H,24,29). The third kappa shape index (κ3) is 3.25. The molecule has 0 spiro atoms. The summed E-state index contributed by atoms with van der Waals surface area (Å²) in [4.78, 5) is 41.2. The van der Waals surface area contributed by atoms with Gasteiger partial charge in [0.15, 0.2) is 0 Å². The maximum Gasteiger partial charge on any atom is 0.333 e. The Morgan fingerprint density at radius 2 is 1.76 bits per heavy atom. The third-order valence-corrected chi connectivity index (χ3v) is 5.01. The highest BCUT2D eigenvalue weighted by Gasteiger charge is 2.20. The molecule has 0 saturated heterocycles. The molecule has 1 amide bonds. The number of fused-ring (bicyclic) bond motifs is 1. The number of aromatic nitrogens is 3. The number of anilines is 1. The lowest BCUT2D eigenvalue weighted by Crippen LogP contribution is -2.34. The molecule has 0 saturated carbocycles. The molecule has 4 aromatic rings. The van der Waals surface area contributed by atoms with Crippen molar-refractivity contribution in [1.82, 2.24) is 14.1 Å². The van der Waals surface area contributed by atoms with Gasteiger partial charge in [-0.15, -0.1) is 0 Å². The molecule has 8 heteroatoms. The Balaban J connectivity index is 1.86. The summed E-state index contributed by atoms with van der Waals surface area (Å²) in [6.07, 6.45) is 1.51. The predicted octanol–water partition coefficient (Wildman–Crippen LogP) is 3.23. The molecule has 0 atom stereocenters. The van der Waals surface area contributed by atoms with Crippen LogP contribution < -0.4 is 16.6 Å². The van der Waals surface area contributed by atoms with Gasteiger partial charge in [0.1, 0.15) is 5.52 Å². The molecule has 4 rings (SSSR count). The summed E-state index contributed by atoms with van der Waals surface area (Å²) in [5.41, 5.74) is 1.34. The highest BCUT2D eigenvalue weighted by Crippen LogP contribution is 2.23. The van der Waals surface area contributed by atoms with Gasteiger partial charge < -0.3 is 14.9 Å². The van der Waals surface area contributed by atoms with E-state index in [0.717, 1.165) is 10.1 Å². The SMILES string of the molecule is Cc1ccc(-n2c(=O)[nH]c3c(C(=O)Nc4ccccc4Cl)cn(C)c3c2=O)cc1.